The highest BCUT2D eigenvalue weighted by atomic mass is 35.5. The number of hydrogen-bond acceptors (Lipinski definition) is 3. The molecule has 0 saturated heterocycles. The van der Waals surface area contributed by atoms with E-state index >= 15 is 0 Å². The van der Waals surface area contributed by atoms with Crippen molar-refractivity contribution < 1.29 is 9.63 Å². The summed E-state index contributed by atoms with van der Waals surface area (Å²) in [5, 5.41) is 3.33. The smallest absolute Gasteiger partial charge is 0.224 e. The predicted octanol–water partition coefficient (Wildman–Crippen LogP) is 0.889. The van der Waals surface area contributed by atoms with Crippen molar-refractivity contribution in [2.75, 3.05) is 13.2 Å². The fourth-order valence-electron chi connectivity index (χ4n) is 1.10. The van der Waals surface area contributed by atoms with Crippen LogP contribution in [0.4, 0.5) is 0 Å². The van der Waals surface area contributed by atoms with Gasteiger partial charge in [0.15, 0.2) is 0 Å². The molecule has 0 atom stereocenters. The van der Waals surface area contributed by atoms with Crippen LogP contribution in [0.15, 0.2) is 24.3 Å². The van der Waals surface area contributed by atoms with Crippen molar-refractivity contribution in [2.45, 2.75) is 6.42 Å². The molecule has 0 spiro atoms. The molecule has 5 heteroatoms. The molecule has 82 valence electrons. The number of hydrogen-bond donors (Lipinski definition) is 2. The molecule has 4 nitrogen and oxygen atoms in total. The summed E-state index contributed by atoms with van der Waals surface area (Å²) in [6.07, 6.45) is 0.335. The van der Waals surface area contributed by atoms with Crippen LogP contribution in [0.3, 0.4) is 0 Å². The van der Waals surface area contributed by atoms with Crippen LogP contribution in [0, 0.1) is 0 Å². The Labute approximate surface area is 93.3 Å². The second kappa shape index (κ2) is 6.40. The van der Waals surface area contributed by atoms with Crippen molar-refractivity contribution in [1.29, 1.82) is 0 Å². The molecule has 0 unspecified atom stereocenters. The fraction of sp³-hybridized carbons (Fsp3) is 0.300. The minimum absolute atomic E-state index is 0.0608. The first-order valence-corrected chi connectivity index (χ1v) is 4.93. The Hall–Kier alpha value is -1.10. The molecule has 0 aromatic heterocycles. The molecule has 0 aliphatic heterocycles. The van der Waals surface area contributed by atoms with E-state index in [1.54, 1.807) is 12.1 Å². The first-order chi connectivity index (χ1) is 7.22. The van der Waals surface area contributed by atoms with Gasteiger partial charge in [-0.25, -0.2) is 5.90 Å². The minimum atomic E-state index is -0.0608. The SMILES string of the molecule is NOCCNC(=O)Cc1ccc(Cl)cc1. The number of benzene rings is 1. The zero-order valence-electron chi connectivity index (χ0n) is 8.20. The van der Waals surface area contributed by atoms with Crippen molar-refractivity contribution in [3.05, 3.63) is 34.9 Å². The lowest BCUT2D eigenvalue weighted by Gasteiger charge is -2.04. The van der Waals surface area contributed by atoms with Crippen molar-refractivity contribution in [3.8, 4) is 0 Å². The zero-order valence-corrected chi connectivity index (χ0v) is 8.96. The number of carbonyl (C=O) groups excluding carboxylic acids is 1. The summed E-state index contributed by atoms with van der Waals surface area (Å²) >= 11 is 5.72. The van der Waals surface area contributed by atoms with Crippen LogP contribution in [0.25, 0.3) is 0 Å². The van der Waals surface area contributed by atoms with Crippen molar-refractivity contribution in [1.82, 2.24) is 5.32 Å². The monoisotopic (exact) mass is 228 g/mol. The average molecular weight is 229 g/mol. The van der Waals surface area contributed by atoms with Gasteiger partial charge in [0, 0.05) is 11.6 Å². The molecule has 0 aliphatic carbocycles. The van der Waals surface area contributed by atoms with Gasteiger partial charge < -0.3 is 10.2 Å². The van der Waals surface area contributed by atoms with Gasteiger partial charge in [-0.15, -0.1) is 0 Å². The number of rotatable bonds is 5. The minimum Gasteiger partial charge on any atom is -0.353 e. The van der Waals surface area contributed by atoms with Gasteiger partial charge in [-0.05, 0) is 17.7 Å². The standard InChI is InChI=1S/C10H13ClN2O2/c11-9-3-1-8(2-4-9)7-10(14)13-5-6-15-12/h1-4H,5-7,12H2,(H,13,14). The highest BCUT2D eigenvalue weighted by Gasteiger charge is 2.02. The molecule has 0 bridgehead atoms. The van der Waals surface area contributed by atoms with E-state index in [0.29, 0.717) is 24.6 Å². The van der Waals surface area contributed by atoms with Crippen molar-refractivity contribution >= 4 is 17.5 Å². The molecule has 15 heavy (non-hydrogen) atoms. The Kier molecular flexibility index (Phi) is 5.10. The maximum Gasteiger partial charge on any atom is 0.224 e. The summed E-state index contributed by atoms with van der Waals surface area (Å²) in [6, 6.07) is 7.16. The maximum atomic E-state index is 11.3. The summed E-state index contributed by atoms with van der Waals surface area (Å²) in [6.45, 7) is 0.731. The highest BCUT2D eigenvalue weighted by Crippen LogP contribution is 2.09. The van der Waals surface area contributed by atoms with Gasteiger partial charge >= 0.3 is 0 Å². The highest BCUT2D eigenvalue weighted by molar-refractivity contribution is 6.30. The van der Waals surface area contributed by atoms with Gasteiger partial charge in [0.1, 0.15) is 0 Å². The Balaban J connectivity index is 2.34. The Bertz CT molecular complexity index is 314. The molecule has 1 rings (SSSR count). The summed E-state index contributed by atoms with van der Waals surface area (Å²) in [4.78, 5) is 15.7. The lowest BCUT2D eigenvalue weighted by Crippen LogP contribution is -2.29. The van der Waals surface area contributed by atoms with Gasteiger partial charge in [-0.3, -0.25) is 4.79 Å². The number of halogens is 1. The number of nitrogens with one attached hydrogen (secondary N) is 1. The lowest BCUT2D eigenvalue weighted by molar-refractivity contribution is -0.120. The van der Waals surface area contributed by atoms with Gasteiger partial charge in [-0.1, -0.05) is 23.7 Å². The molecular weight excluding hydrogens is 216 g/mol. The largest absolute Gasteiger partial charge is 0.353 e. The van der Waals surface area contributed by atoms with Crippen LogP contribution in [0.1, 0.15) is 5.56 Å². The van der Waals surface area contributed by atoms with Crippen molar-refractivity contribution in [2.24, 2.45) is 5.90 Å². The molecule has 1 aromatic rings. The van der Waals surface area contributed by atoms with E-state index in [-0.39, 0.29) is 5.91 Å². The van der Waals surface area contributed by atoms with Crippen LogP contribution in [-0.2, 0) is 16.1 Å². The summed E-state index contributed by atoms with van der Waals surface area (Å²) in [5.41, 5.74) is 0.922. The molecule has 0 aliphatic rings. The zero-order chi connectivity index (χ0) is 11.1. The molecular formula is C10H13ClN2O2. The third kappa shape index (κ3) is 4.78. The third-order valence-electron chi connectivity index (χ3n) is 1.82. The molecule has 1 aromatic carbocycles. The number of amides is 1. The maximum absolute atomic E-state index is 11.3. The fourth-order valence-corrected chi connectivity index (χ4v) is 1.23. The molecule has 0 fully saturated rings. The van der Waals surface area contributed by atoms with E-state index in [1.165, 1.54) is 0 Å². The molecule has 1 amide bonds. The van der Waals surface area contributed by atoms with E-state index in [0.717, 1.165) is 5.56 Å². The quantitative estimate of drug-likeness (QED) is 0.581. The Morgan fingerprint density at radius 1 is 1.40 bits per heavy atom. The van der Waals surface area contributed by atoms with E-state index < -0.39 is 0 Å². The lowest BCUT2D eigenvalue weighted by atomic mass is 10.1. The summed E-state index contributed by atoms with van der Waals surface area (Å²) in [5.74, 6) is 4.76. The van der Waals surface area contributed by atoms with Crippen LogP contribution in [0.5, 0.6) is 0 Å². The number of carbonyl (C=O) groups is 1. The second-order valence-electron chi connectivity index (χ2n) is 3.02. The van der Waals surface area contributed by atoms with Crippen molar-refractivity contribution in [3.63, 3.8) is 0 Å². The molecule has 0 saturated carbocycles. The Morgan fingerprint density at radius 3 is 2.67 bits per heavy atom. The predicted molar refractivity (Wildman–Crippen MR) is 58.3 cm³/mol. The van der Waals surface area contributed by atoms with Gasteiger partial charge in [-0.2, -0.15) is 0 Å². The summed E-state index contributed by atoms with van der Waals surface area (Å²) in [7, 11) is 0. The first kappa shape index (κ1) is 12.0. The third-order valence-corrected chi connectivity index (χ3v) is 2.07. The van der Waals surface area contributed by atoms with Crippen LogP contribution >= 0.6 is 11.6 Å². The van der Waals surface area contributed by atoms with E-state index in [1.807, 2.05) is 12.1 Å². The van der Waals surface area contributed by atoms with E-state index in [2.05, 4.69) is 10.2 Å². The summed E-state index contributed by atoms with van der Waals surface area (Å²) < 4.78 is 0. The van der Waals surface area contributed by atoms with Crippen LogP contribution < -0.4 is 11.2 Å². The second-order valence-corrected chi connectivity index (χ2v) is 3.46. The van der Waals surface area contributed by atoms with Gasteiger partial charge in [0.25, 0.3) is 0 Å². The Morgan fingerprint density at radius 2 is 2.07 bits per heavy atom. The van der Waals surface area contributed by atoms with Crippen LogP contribution in [0.2, 0.25) is 5.02 Å². The topological polar surface area (TPSA) is 64.3 Å². The van der Waals surface area contributed by atoms with E-state index in [9.17, 15) is 4.79 Å². The molecule has 3 N–H and O–H groups in total. The molecule has 0 heterocycles. The first-order valence-electron chi connectivity index (χ1n) is 4.55. The average Bonchev–Trinajstić information content (AvgIpc) is 2.22. The van der Waals surface area contributed by atoms with Crippen LogP contribution in [-0.4, -0.2) is 19.1 Å². The number of nitrogens with two attached hydrogens (primary N) is 1. The molecule has 0 radical (unpaired) electrons. The normalized spacial score (nSPS) is 10.0. The van der Waals surface area contributed by atoms with Gasteiger partial charge in [0.2, 0.25) is 5.91 Å². The van der Waals surface area contributed by atoms with Gasteiger partial charge in [0.05, 0.1) is 13.0 Å². The van der Waals surface area contributed by atoms with E-state index in [4.69, 9.17) is 17.5 Å².